The van der Waals surface area contributed by atoms with Crippen LogP contribution in [0.2, 0.25) is 0 Å². The summed E-state index contributed by atoms with van der Waals surface area (Å²) in [6.07, 6.45) is 0.000706. The summed E-state index contributed by atoms with van der Waals surface area (Å²) in [4.78, 5) is 0. The monoisotopic (exact) mass is 208 g/mol. The Morgan fingerprint density at radius 1 is 1.27 bits per heavy atom. The molecule has 0 heterocycles. The first-order valence-corrected chi connectivity index (χ1v) is 5.41. The van der Waals surface area contributed by atoms with Crippen LogP contribution in [-0.2, 0) is 0 Å². The van der Waals surface area contributed by atoms with Crippen LogP contribution in [-0.4, -0.2) is 22.9 Å². The number of hydrogen-bond acceptors (Lipinski definition) is 2. The molecule has 84 valence electrons. The van der Waals surface area contributed by atoms with Crippen molar-refractivity contribution < 1.29 is 10.2 Å². The van der Waals surface area contributed by atoms with Gasteiger partial charge in [-0.05, 0) is 42.9 Å². The Kier molecular flexibility index (Phi) is 4.30. The molecule has 2 nitrogen and oxygen atoms in total. The second-order valence-corrected chi connectivity index (χ2v) is 4.26. The Balaban J connectivity index is 2.82. The largest absolute Gasteiger partial charge is 0.394 e. The molecule has 0 bridgehead atoms. The molecule has 2 unspecified atom stereocenters. The summed E-state index contributed by atoms with van der Waals surface area (Å²) in [5, 5.41) is 18.2. The molecule has 0 saturated carbocycles. The quantitative estimate of drug-likeness (QED) is 0.796. The van der Waals surface area contributed by atoms with Gasteiger partial charge in [-0.25, -0.2) is 0 Å². The lowest BCUT2D eigenvalue weighted by Crippen LogP contribution is -2.15. The molecule has 0 radical (unpaired) electrons. The average molecular weight is 208 g/mol. The van der Waals surface area contributed by atoms with Gasteiger partial charge in [0.25, 0.3) is 0 Å². The maximum Gasteiger partial charge on any atom is 0.0776 e. The molecule has 2 atom stereocenters. The van der Waals surface area contributed by atoms with E-state index in [9.17, 15) is 5.11 Å². The van der Waals surface area contributed by atoms with Gasteiger partial charge in [-0.1, -0.05) is 25.1 Å². The van der Waals surface area contributed by atoms with Crippen molar-refractivity contribution in [1.82, 2.24) is 0 Å². The van der Waals surface area contributed by atoms with E-state index >= 15 is 0 Å². The Labute approximate surface area is 91.6 Å². The normalized spacial score (nSPS) is 15.0. The number of rotatable bonds is 4. The fraction of sp³-hybridized carbons (Fsp3) is 0.538. The second kappa shape index (κ2) is 5.29. The summed E-state index contributed by atoms with van der Waals surface area (Å²) in [6, 6.07) is 6.23. The van der Waals surface area contributed by atoms with Crippen LogP contribution in [0.3, 0.4) is 0 Å². The molecule has 0 amide bonds. The third kappa shape index (κ3) is 3.05. The van der Waals surface area contributed by atoms with Crippen molar-refractivity contribution in [3.8, 4) is 0 Å². The van der Waals surface area contributed by atoms with E-state index in [1.165, 1.54) is 16.7 Å². The molecule has 15 heavy (non-hydrogen) atoms. The highest BCUT2D eigenvalue weighted by molar-refractivity contribution is 5.35. The molecule has 1 rings (SSSR count). The van der Waals surface area contributed by atoms with E-state index in [1.807, 2.05) is 6.07 Å². The summed E-state index contributed by atoms with van der Waals surface area (Å²) in [7, 11) is 0. The second-order valence-electron chi connectivity index (χ2n) is 4.26. The van der Waals surface area contributed by atoms with Crippen molar-refractivity contribution >= 4 is 0 Å². The van der Waals surface area contributed by atoms with E-state index in [-0.39, 0.29) is 12.5 Å². The molecule has 2 heteroatoms. The maximum absolute atomic E-state index is 9.40. The van der Waals surface area contributed by atoms with Gasteiger partial charge in [0.05, 0.1) is 12.7 Å². The van der Waals surface area contributed by atoms with Crippen LogP contribution >= 0.6 is 0 Å². The van der Waals surface area contributed by atoms with Gasteiger partial charge in [0.1, 0.15) is 0 Å². The first-order valence-electron chi connectivity index (χ1n) is 5.41. The zero-order chi connectivity index (χ0) is 11.4. The van der Waals surface area contributed by atoms with Crippen molar-refractivity contribution in [2.24, 2.45) is 0 Å². The first-order chi connectivity index (χ1) is 7.06. The summed E-state index contributed by atoms with van der Waals surface area (Å²) in [5.41, 5.74) is 3.83. The van der Waals surface area contributed by atoms with Gasteiger partial charge in [-0.2, -0.15) is 0 Å². The molecule has 0 aliphatic heterocycles. The number of hydrogen-bond donors (Lipinski definition) is 2. The van der Waals surface area contributed by atoms with Crippen molar-refractivity contribution in [2.45, 2.75) is 39.2 Å². The van der Waals surface area contributed by atoms with Gasteiger partial charge >= 0.3 is 0 Å². The Morgan fingerprint density at radius 3 is 2.53 bits per heavy atom. The zero-order valence-corrected chi connectivity index (χ0v) is 9.70. The third-order valence-corrected chi connectivity index (χ3v) is 3.01. The molecule has 0 saturated heterocycles. The summed E-state index contributed by atoms with van der Waals surface area (Å²) in [5.74, 6) is 0.284. The Morgan fingerprint density at radius 2 is 1.93 bits per heavy atom. The van der Waals surface area contributed by atoms with E-state index in [0.717, 1.165) is 0 Å². The topological polar surface area (TPSA) is 40.5 Å². The predicted molar refractivity (Wildman–Crippen MR) is 62.0 cm³/mol. The standard InChI is InChI=1S/C13H20O2/c1-9-5-4-6-13(11(9)3)10(2)7-12(15)8-14/h4-6,10,12,14-15H,7-8H2,1-3H3. The molecular formula is C13H20O2. The van der Waals surface area contributed by atoms with Gasteiger partial charge in [0.15, 0.2) is 0 Å². The van der Waals surface area contributed by atoms with Crippen LogP contribution in [0, 0.1) is 13.8 Å². The third-order valence-electron chi connectivity index (χ3n) is 3.01. The molecule has 0 fully saturated rings. The predicted octanol–water partition coefficient (Wildman–Crippen LogP) is 2.15. The number of benzene rings is 1. The molecule has 0 aromatic heterocycles. The first kappa shape index (κ1) is 12.2. The molecule has 0 aliphatic carbocycles. The highest BCUT2D eigenvalue weighted by atomic mass is 16.3. The van der Waals surface area contributed by atoms with E-state index < -0.39 is 6.10 Å². The van der Waals surface area contributed by atoms with Crippen molar-refractivity contribution in [3.05, 3.63) is 34.9 Å². The maximum atomic E-state index is 9.40. The lowest BCUT2D eigenvalue weighted by Gasteiger charge is -2.18. The van der Waals surface area contributed by atoms with Crippen LogP contribution in [0.15, 0.2) is 18.2 Å². The van der Waals surface area contributed by atoms with Gasteiger partial charge in [-0.15, -0.1) is 0 Å². The minimum atomic E-state index is -0.611. The van der Waals surface area contributed by atoms with Crippen molar-refractivity contribution in [2.75, 3.05) is 6.61 Å². The molecular weight excluding hydrogens is 188 g/mol. The fourth-order valence-electron chi connectivity index (χ4n) is 1.92. The fourth-order valence-corrected chi connectivity index (χ4v) is 1.92. The molecule has 0 aliphatic rings. The Bertz CT molecular complexity index is 320. The summed E-state index contributed by atoms with van der Waals surface area (Å²) < 4.78 is 0. The highest BCUT2D eigenvalue weighted by Crippen LogP contribution is 2.25. The van der Waals surface area contributed by atoms with E-state index in [2.05, 4.69) is 32.9 Å². The van der Waals surface area contributed by atoms with E-state index in [0.29, 0.717) is 6.42 Å². The van der Waals surface area contributed by atoms with Gasteiger partial charge in [-0.3, -0.25) is 0 Å². The van der Waals surface area contributed by atoms with Crippen LogP contribution in [0.4, 0.5) is 0 Å². The highest BCUT2D eigenvalue weighted by Gasteiger charge is 2.13. The number of aryl methyl sites for hydroxylation is 1. The molecule has 1 aromatic rings. The van der Waals surface area contributed by atoms with Crippen molar-refractivity contribution in [1.29, 1.82) is 0 Å². The van der Waals surface area contributed by atoms with E-state index in [4.69, 9.17) is 5.11 Å². The number of aliphatic hydroxyl groups is 2. The van der Waals surface area contributed by atoms with E-state index in [1.54, 1.807) is 0 Å². The van der Waals surface area contributed by atoms with Gasteiger partial charge in [0.2, 0.25) is 0 Å². The number of aliphatic hydroxyl groups excluding tert-OH is 2. The van der Waals surface area contributed by atoms with Gasteiger partial charge in [0, 0.05) is 0 Å². The SMILES string of the molecule is Cc1cccc(C(C)CC(O)CO)c1C. The van der Waals surface area contributed by atoms with Gasteiger partial charge < -0.3 is 10.2 Å². The lowest BCUT2D eigenvalue weighted by molar-refractivity contribution is 0.0835. The van der Waals surface area contributed by atoms with Crippen LogP contribution in [0.25, 0.3) is 0 Å². The minimum Gasteiger partial charge on any atom is -0.394 e. The Hall–Kier alpha value is -0.860. The smallest absolute Gasteiger partial charge is 0.0776 e. The minimum absolute atomic E-state index is 0.158. The molecule has 0 spiro atoms. The van der Waals surface area contributed by atoms with Crippen LogP contribution in [0.5, 0.6) is 0 Å². The van der Waals surface area contributed by atoms with Crippen molar-refractivity contribution in [3.63, 3.8) is 0 Å². The molecule has 1 aromatic carbocycles. The molecule has 2 N–H and O–H groups in total. The van der Waals surface area contributed by atoms with Crippen LogP contribution in [0.1, 0.15) is 36.0 Å². The van der Waals surface area contributed by atoms with Crippen LogP contribution < -0.4 is 0 Å². The summed E-state index contributed by atoms with van der Waals surface area (Å²) in [6.45, 7) is 6.12. The average Bonchev–Trinajstić information content (AvgIpc) is 2.21. The zero-order valence-electron chi connectivity index (χ0n) is 9.70. The summed E-state index contributed by atoms with van der Waals surface area (Å²) >= 11 is 0. The lowest BCUT2D eigenvalue weighted by atomic mass is 9.90.